The summed E-state index contributed by atoms with van der Waals surface area (Å²) in [5, 5.41) is 16.5. The Labute approximate surface area is 420 Å². The lowest BCUT2D eigenvalue weighted by molar-refractivity contribution is -0.438. The zero-order valence-electron chi connectivity index (χ0n) is 40.0. The molecule has 0 atom stereocenters. The molecule has 5 aromatic carbocycles. The van der Waals surface area contributed by atoms with Crippen LogP contribution in [-0.2, 0) is 35.0 Å². The zero-order chi connectivity index (χ0) is 49.3. The smallest absolute Gasteiger partial charge is 0.333 e. The fourth-order valence-corrected chi connectivity index (χ4v) is 12.4. The van der Waals surface area contributed by atoms with Gasteiger partial charge in [0.05, 0.1) is 11.2 Å². The van der Waals surface area contributed by atoms with Crippen molar-refractivity contribution in [2.45, 2.75) is 77.6 Å². The lowest BCUT2D eigenvalue weighted by atomic mass is 9.79. The molecule has 0 fully saturated rings. The fraction of sp³-hybridized carbons (Fsp3) is 0.304. The SMILES string of the molecule is CCCCC[N+]1=C(/C=C/C2=C(c3c(O)n(C)c(=O)n(C)c3=O)C(=C/C=C3/N(CCCCS(=O)(=O)O)c4ccc5cc(Br)ccc5c4C3(C)C)/c3ccccc32)C(C)(C)c2c1ccc1cc(Br)ccc21. The summed E-state index contributed by atoms with van der Waals surface area (Å²) < 4.78 is 39.7. The molecular formula is C56H57Br2N4O6S+. The normalized spacial score (nSPS) is 17.4. The lowest BCUT2D eigenvalue weighted by Gasteiger charge is -2.27. The average molecular weight is 1070 g/mol. The Balaban J connectivity index is 1.28. The van der Waals surface area contributed by atoms with E-state index in [0.717, 1.165) is 99.4 Å². The van der Waals surface area contributed by atoms with Crippen molar-refractivity contribution in [3.63, 3.8) is 0 Å². The highest BCUT2D eigenvalue weighted by Crippen LogP contribution is 2.53. The molecule has 1 aromatic heterocycles. The van der Waals surface area contributed by atoms with E-state index < -0.39 is 38.1 Å². The number of hydrogen-bond acceptors (Lipinski definition) is 6. The maximum absolute atomic E-state index is 14.6. The number of benzene rings is 5. The van der Waals surface area contributed by atoms with Crippen LogP contribution in [0.3, 0.4) is 0 Å². The topological polar surface area (TPSA) is 125 Å². The summed E-state index contributed by atoms with van der Waals surface area (Å²) >= 11 is 7.33. The van der Waals surface area contributed by atoms with Crippen LogP contribution < -0.4 is 16.1 Å². The first-order valence-corrected chi connectivity index (χ1v) is 26.7. The van der Waals surface area contributed by atoms with Gasteiger partial charge in [0.15, 0.2) is 5.71 Å². The minimum absolute atomic E-state index is 0.0167. The number of fused-ring (bicyclic) bond motifs is 7. The highest BCUT2D eigenvalue weighted by atomic mass is 79.9. The predicted octanol–water partition coefficient (Wildman–Crippen LogP) is 12.1. The van der Waals surface area contributed by atoms with Crippen molar-refractivity contribution in [3.8, 4) is 5.88 Å². The van der Waals surface area contributed by atoms with Crippen molar-refractivity contribution in [3.05, 3.63) is 173 Å². The van der Waals surface area contributed by atoms with E-state index in [4.69, 9.17) is 0 Å². The van der Waals surface area contributed by atoms with Crippen LogP contribution in [0.4, 0.5) is 11.4 Å². The maximum atomic E-state index is 14.6. The number of aromatic nitrogens is 2. The van der Waals surface area contributed by atoms with Crippen molar-refractivity contribution in [2.24, 2.45) is 14.1 Å². The van der Waals surface area contributed by atoms with Crippen LogP contribution in [0.25, 0.3) is 38.3 Å². The van der Waals surface area contributed by atoms with Gasteiger partial charge in [-0.05, 0) is 131 Å². The van der Waals surface area contributed by atoms with E-state index in [2.05, 4.69) is 149 Å². The molecule has 0 saturated heterocycles. The monoisotopic (exact) mass is 1070 g/mol. The standard InChI is InChI=1S/C56H56Br2N4O6S/c1-8-9-12-29-61-44-25-17-34-32-36(57)19-21-38(34)50(44)55(2,3)46(61)27-23-42-40-15-10-11-16-41(40)43(48(42)49-52(63)59(6)54(65)60(7)53(49)64)24-28-47-56(4,5)51-39-22-20-37(58)33-35(39)18-26-45(51)62(47)30-13-14-31-69(66,67)68/h10-11,15-28,32-33H,8-9,12-14,29-31H2,1-7H3,(H,66,67,68)/p+1/b43-24+,47-28+. The minimum Gasteiger partial charge on any atom is -0.494 e. The second kappa shape index (κ2) is 18.3. The third-order valence-electron chi connectivity index (χ3n) is 14.4. The van der Waals surface area contributed by atoms with Crippen LogP contribution >= 0.6 is 31.9 Å². The molecule has 2 aliphatic heterocycles. The predicted molar refractivity (Wildman–Crippen MR) is 289 cm³/mol. The van der Waals surface area contributed by atoms with Crippen LogP contribution in [0.15, 0.2) is 133 Å². The third kappa shape index (κ3) is 8.42. The Kier molecular flexibility index (Phi) is 12.8. The second-order valence-electron chi connectivity index (χ2n) is 19.5. The van der Waals surface area contributed by atoms with Crippen molar-refractivity contribution >= 4 is 97.3 Å². The van der Waals surface area contributed by atoms with Gasteiger partial charge in [0, 0.05) is 76.1 Å². The van der Waals surface area contributed by atoms with Crippen LogP contribution in [0, 0.1) is 0 Å². The van der Waals surface area contributed by atoms with E-state index in [1.165, 1.54) is 30.7 Å². The largest absolute Gasteiger partial charge is 0.494 e. The van der Waals surface area contributed by atoms with E-state index >= 15 is 0 Å². The van der Waals surface area contributed by atoms with E-state index in [1.807, 2.05) is 36.4 Å². The maximum Gasteiger partial charge on any atom is 0.333 e. The molecular weight excluding hydrogens is 1020 g/mol. The van der Waals surface area contributed by atoms with Crippen molar-refractivity contribution < 1.29 is 22.7 Å². The summed E-state index contributed by atoms with van der Waals surface area (Å²) in [7, 11) is -1.23. The minimum atomic E-state index is -4.14. The van der Waals surface area contributed by atoms with Crippen molar-refractivity contribution in [1.82, 2.24) is 9.13 Å². The van der Waals surface area contributed by atoms with Crippen LogP contribution in [0.5, 0.6) is 5.88 Å². The molecule has 69 heavy (non-hydrogen) atoms. The Hall–Kier alpha value is -5.60. The third-order valence-corrected chi connectivity index (χ3v) is 16.2. The van der Waals surface area contributed by atoms with Gasteiger partial charge in [-0.3, -0.25) is 18.5 Å². The van der Waals surface area contributed by atoms with Crippen LogP contribution in [-0.4, -0.2) is 56.3 Å². The summed E-state index contributed by atoms with van der Waals surface area (Å²) in [5.41, 5.74) is 8.08. The molecule has 0 spiro atoms. The summed E-state index contributed by atoms with van der Waals surface area (Å²) in [6, 6.07) is 29.4. The van der Waals surface area contributed by atoms with Gasteiger partial charge in [0.1, 0.15) is 12.1 Å². The van der Waals surface area contributed by atoms with Crippen LogP contribution in [0.1, 0.15) is 94.5 Å². The summed E-state index contributed by atoms with van der Waals surface area (Å²) in [4.78, 5) is 30.1. The van der Waals surface area contributed by atoms with Gasteiger partial charge in [-0.2, -0.15) is 13.0 Å². The molecule has 3 heterocycles. The number of hydrogen-bond donors (Lipinski definition) is 2. The first-order valence-electron chi connectivity index (χ1n) is 23.5. The van der Waals surface area contributed by atoms with E-state index in [9.17, 15) is 27.7 Å². The number of allylic oxidation sites excluding steroid dienone is 8. The molecule has 2 N–H and O–H groups in total. The number of rotatable bonds is 13. The molecule has 6 aromatic rings. The second-order valence-corrected chi connectivity index (χ2v) is 22.9. The molecule has 0 amide bonds. The molecule has 1 aliphatic carbocycles. The van der Waals surface area contributed by atoms with E-state index in [0.29, 0.717) is 24.1 Å². The van der Waals surface area contributed by atoms with E-state index in [1.54, 1.807) is 0 Å². The van der Waals surface area contributed by atoms with Crippen molar-refractivity contribution in [1.29, 1.82) is 0 Å². The number of halogens is 2. The Morgan fingerprint density at radius 2 is 1.39 bits per heavy atom. The van der Waals surface area contributed by atoms with Gasteiger partial charge in [0.2, 0.25) is 11.6 Å². The van der Waals surface area contributed by atoms with Crippen LogP contribution in [0.2, 0.25) is 0 Å². The van der Waals surface area contributed by atoms with Gasteiger partial charge >= 0.3 is 5.69 Å². The van der Waals surface area contributed by atoms with Crippen molar-refractivity contribution in [2.75, 3.05) is 23.7 Å². The number of aromatic hydroxyl groups is 1. The number of nitrogens with zero attached hydrogens (tertiary/aromatic N) is 4. The molecule has 0 radical (unpaired) electrons. The van der Waals surface area contributed by atoms with Gasteiger partial charge in [-0.15, -0.1) is 0 Å². The van der Waals surface area contributed by atoms with E-state index in [-0.39, 0.29) is 17.7 Å². The number of anilines is 1. The highest BCUT2D eigenvalue weighted by molar-refractivity contribution is 9.10. The fourth-order valence-electron chi connectivity index (χ4n) is 11.0. The summed E-state index contributed by atoms with van der Waals surface area (Å²) in [6.07, 6.45) is 12.3. The highest BCUT2D eigenvalue weighted by Gasteiger charge is 2.46. The quantitative estimate of drug-likeness (QED) is 0.0670. The number of unbranched alkanes of at least 4 members (excludes halogenated alkanes) is 3. The first kappa shape index (κ1) is 48.4. The van der Waals surface area contributed by atoms with Gasteiger partial charge < -0.3 is 10.0 Å². The molecule has 3 aliphatic rings. The lowest BCUT2D eigenvalue weighted by Crippen LogP contribution is -2.38. The first-order chi connectivity index (χ1) is 32.8. The Morgan fingerprint density at radius 1 is 0.739 bits per heavy atom. The summed E-state index contributed by atoms with van der Waals surface area (Å²) in [6.45, 7) is 12.4. The molecule has 0 bridgehead atoms. The molecule has 356 valence electrons. The Morgan fingerprint density at radius 3 is 2.06 bits per heavy atom. The Bertz CT molecular complexity index is 3560. The molecule has 9 rings (SSSR count). The van der Waals surface area contributed by atoms with Gasteiger partial charge in [-0.25, -0.2) is 4.79 Å². The molecule has 0 unspecified atom stereocenters. The van der Waals surface area contributed by atoms with Gasteiger partial charge in [0.25, 0.3) is 15.7 Å². The average Bonchev–Trinajstić information content (AvgIpc) is 3.81. The van der Waals surface area contributed by atoms with Gasteiger partial charge in [-0.1, -0.05) is 108 Å². The molecule has 10 nitrogen and oxygen atoms in total. The molecule has 0 saturated carbocycles. The zero-order valence-corrected chi connectivity index (χ0v) is 44.0. The summed E-state index contributed by atoms with van der Waals surface area (Å²) in [5.74, 6) is -0.763. The molecule has 13 heteroatoms.